The zero-order valence-corrected chi connectivity index (χ0v) is 22.5. The largest absolute Gasteiger partial charge is 0.464 e. The maximum absolute atomic E-state index is 13.6. The smallest absolute Gasteiger partial charge is 0.410 e. The molecule has 10 heteroatoms. The van der Waals surface area contributed by atoms with Gasteiger partial charge in [0.1, 0.15) is 17.7 Å². The van der Waals surface area contributed by atoms with Crippen molar-refractivity contribution in [2.24, 2.45) is 11.7 Å². The van der Waals surface area contributed by atoms with Crippen molar-refractivity contribution in [1.29, 1.82) is 0 Å². The average molecular weight is 539 g/mol. The van der Waals surface area contributed by atoms with Crippen molar-refractivity contribution in [3.05, 3.63) is 47.5 Å². The number of nitrogens with one attached hydrogen (secondary N) is 1. The van der Waals surface area contributed by atoms with Crippen LogP contribution in [0, 0.1) is 5.92 Å². The fraction of sp³-hybridized carbons (Fsp3) is 0.586. The minimum Gasteiger partial charge on any atom is -0.464 e. The molecule has 1 aliphatic carbocycles. The lowest BCUT2D eigenvalue weighted by molar-refractivity contribution is -0.150. The summed E-state index contributed by atoms with van der Waals surface area (Å²) in [4.78, 5) is 56.1. The molecule has 4 aliphatic rings. The van der Waals surface area contributed by atoms with Gasteiger partial charge in [0.25, 0.3) is 0 Å². The van der Waals surface area contributed by atoms with Crippen LogP contribution in [0.15, 0.2) is 36.4 Å². The van der Waals surface area contributed by atoms with E-state index in [4.69, 9.17) is 15.2 Å². The molecule has 10 nitrogen and oxygen atoms in total. The van der Waals surface area contributed by atoms with Crippen molar-refractivity contribution in [3.8, 4) is 0 Å². The standard InChI is InChI=1S/C29H38N4O6/c1-2-38-27(36)29-15-21(29)12-6-4-3-5-7-13-23(30)26(35)33-18-22(14-24(33)25(34)31-29)39-28(37)32-16-19-10-8-9-11-20(19)17-32/h6,8-12,21-24H,2-5,7,13-18,30H2,1H3,(H,31,34)/t21-,22-,23+,24+,29-/m1/s1. The molecule has 3 aliphatic heterocycles. The van der Waals surface area contributed by atoms with Gasteiger partial charge in [-0.2, -0.15) is 0 Å². The lowest BCUT2D eigenvalue weighted by atomic mass is 10.1. The summed E-state index contributed by atoms with van der Waals surface area (Å²) in [5.74, 6) is -1.43. The van der Waals surface area contributed by atoms with Gasteiger partial charge in [0.05, 0.1) is 19.2 Å². The molecule has 0 radical (unpaired) electrons. The Kier molecular flexibility index (Phi) is 7.93. The number of nitrogens with zero attached hydrogens (tertiary/aromatic N) is 2. The van der Waals surface area contributed by atoms with E-state index in [2.05, 4.69) is 11.4 Å². The molecule has 1 aromatic carbocycles. The Bertz CT molecular complexity index is 1130. The van der Waals surface area contributed by atoms with Crippen LogP contribution in [-0.2, 0) is 36.9 Å². The molecule has 3 amide bonds. The summed E-state index contributed by atoms with van der Waals surface area (Å²) in [5.41, 5.74) is 7.29. The fourth-order valence-electron chi connectivity index (χ4n) is 5.97. The van der Waals surface area contributed by atoms with Crippen molar-refractivity contribution < 1.29 is 28.7 Å². The molecule has 0 aromatic heterocycles. The number of carbonyl (C=O) groups excluding carboxylic acids is 4. The highest BCUT2D eigenvalue weighted by Gasteiger charge is 2.62. The van der Waals surface area contributed by atoms with E-state index in [0.29, 0.717) is 25.9 Å². The first kappa shape index (κ1) is 27.2. The third kappa shape index (κ3) is 5.66. The van der Waals surface area contributed by atoms with Gasteiger partial charge in [-0.3, -0.25) is 14.5 Å². The molecule has 3 N–H and O–H groups in total. The Hall–Kier alpha value is -3.40. The molecule has 5 atom stereocenters. The number of nitrogens with two attached hydrogens (primary N) is 1. The zero-order valence-electron chi connectivity index (χ0n) is 22.5. The molecule has 1 saturated carbocycles. The third-order valence-electron chi connectivity index (χ3n) is 8.29. The van der Waals surface area contributed by atoms with Crippen LogP contribution in [0.25, 0.3) is 0 Å². The Morgan fingerprint density at radius 2 is 1.87 bits per heavy atom. The van der Waals surface area contributed by atoms with E-state index < -0.39 is 41.7 Å². The lowest BCUT2D eigenvalue weighted by Gasteiger charge is -2.28. The van der Waals surface area contributed by atoms with Gasteiger partial charge in [0.15, 0.2) is 0 Å². The predicted octanol–water partition coefficient (Wildman–Crippen LogP) is 2.39. The highest BCUT2D eigenvalue weighted by atomic mass is 16.6. The third-order valence-corrected chi connectivity index (χ3v) is 8.29. The van der Waals surface area contributed by atoms with Crippen LogP contribution in [0.1, 0.15) is 63.0 Å². The van der Waals surface area contributed by atoms with Crippen LogP contribution in [0.3, 0.4) is 0 Å². The van der Waals surface area contributed by atoms with Crippen molar-refractivity contribution in [3.63, 3.8) is 0 Å². The Labute approximate surface area is 228 Å². The molecule has 1 saturated heterocycles. The summed E-state index contributed by atoms with van der Waals surface area (Å²) in [6, 6.07) is 6.19. The summed E-state index contributed by atoms with van der Waals surface area (Å²) in [5, 5.41) is 2.92. The molecule has 3 heterocycles. The van der Waals surface area contributed by atoms with Crippen LogP contribution < -0.4 is 11.1 Å². The van der Waals surface area contributed by atoms with Gasteiger partial charge in [-0.25, -0.2) is 9.59 Å². The van der Waals surface area contributed by atoms with Crippen LogP contribution in [-0.4, -0.2) is 70.6 Å². The van der Waals surface area contributed by atoms with Gasteiger partial charge in [-0.15, -0.1) is 0 Å². The number of hydrogen-bond donors (Lipinski definition) is 2. The van der Waals surface area contributed by atoms with Gasteiger partial charge < -0.3 is 25.4 Å². The highest BCUT2D eigenvalue weighted by Crippen LogP contribution is 2.46. The molecular weight excluding hydrogens is 500 g/mol. The Morgan fingerprint density at radius 1 is 1.13 bits per heavy atom. The molecule has 1 aromatic rings. The number of hydrogen-bond acceptors (Lipinski definition) is 7. The van der Waals surface area contributed by atoms with E-state index in [0.717, 1.165) is 36.8 Å². The van der Waals surface area contributed by atoms with Crippen molar-refractivity contribution in [1.82, 2.24) is 15.1 Å². The van der Waals surface area contributed by atoms with Crippen molar-refractivity contribution in [2.45, 2.75) is 88.7 Å². The SMILES string of the molecule is CCOC(=O)[C@@]12C[C@H]1C=CCCCCC[C@H](N)C(=O)N1C[C@H](OC(=O)N3Cc4ccccc4C3)C[C@H]1C(=O)N2. The van der Waals surface area contributed by atoms with E-state index in [9.17, 15) is 19.2 Å². The molecule has 210 valence electrons. The highest BCUT2D eigenvalue weighted by molar-refractivity contribution is 5.96. The second-order valence-electron chi connectivity index (χ2n) is 11.0. The molecule has 0 spiro atoms. The van der Waals surface area contributed by atoms with Gasteiger partial charge in [-0.1, -0.05) is 49.3 Å². The van der Waals surface area contributed by atoms with Gasteiger partial charge >= 0.3 is 12.1 Å². The van der Waals surface area contributed by atoms with Gasteiger partial charge in [0.2, 0.25) is 11.8 Å². The number of rotatable bonds is 3. The van der Waals surface area contributed by atoms with Crippen LogP contribution in [0.5, 0.6) is 0 Å². The minimum atomic E-state index is -1.14. The van der Waals surface area contributed by atoms with E-state index in [-0.39, 0.29) is 31.4 Å². The first-order valence-electron chi connectivity index (χ1n) is 14.1. The number of esters is 1. The monoisotopic (exact) mass is 538 g/mol. The average Bonchev–Trinajstić information content (AvgIpc) is 3.24. The van der Waals surface area contributed by atoms with E-state index in [1.54, 1.807) is 11.8 Å². The second kappa shape index (κ2) is 11.4. The first-order valence-corrected chi connectivity index (χ1v) is 14.1. The number of fused-ring (bicyclic) bond motifs is 3. The fourth-order valence-corrected chi connectivity index (χ4v) is 5.97. The topological polar surface area (TPSA) is 131 Å². The number of carbonyl (C=O) groups is 4. The van der Waals surface area contributed by atoms with Gasteiger partial charge in [-0.05, 0) is 43.7 Å². The van der Waals surface area contributed by atoms with Crippen LogP contribution in [0.2, 0.25) is 0 Å². The summed E-state index contributed by atoms with van der Waals surface area (Å²) < 4.78 is 11.1. The van der Waals surface area contributed by atoms with Crippen LogP contribution >= 0.6 is 0 Å². The number of ether oxygens (including phenoxy) is 2. The normalized spacial score (nSPS) is 30.8. The van der Waals surface area contributed by atoms with Crippen molar-refractivity contribution >= 4 is 23.9 Å². The van der Waals surface area contributed by atoms with E-state index >= 15 is 0 Å². The lowest BCUT2D eigenvalue weighted by Crippen LogP contribution is -2.55. The molecular formula is C29H38N4O6. The summed E-state index contributed by atoms with van der Waals surface area (Å²) in [7, 11) is 0. The number of amides is 3. The summed E-state index contributed by atoms with van der Waals surface area (Å²) in [6.45, 7) is 2.92. The quantitative estimate of drug-likeness (QED) is 0.446. The Morgan fingerprint density at radius 3 is 2.59 bits per heavy atom. The predicted molar refractivity (Wildman–Crippen MR) is 142 cm³/mol. The molecule has 0 bridgehead atoms. The van der Waals surface area contributed by atoms with Crippen LogP contribution in [0.4, 0.5) is 4.79 Å². The summed E-state index contributed by atoms with van der Waals surface area (Å²) >= 11 is 0. The summed E-state index contributed by atoms with van der Waals surface area (Å²) in [6.07, 6.45) is 7.52. The number of benzene rings is 1. The molecule has 0 unspecified atom stereocenters. The molecule has 5 rings (SSSR count). The van der Waals surface area contributed by atoms with E-state index in [1.807, 2.05) is 30.3 Å². The van der Waals surface area contributed by atoms with Crippen molar-refractivity contribution in [2.75, 3.05) is 13.2 Å². The van der Waals surface area contributed by atoms with Gasteiger partial charge in [0, 0.05) is 25.4 Å². The minimum absolute atomic E-state index is 0.0763. The maximum Gasteiger partial charge on any atom is 0.410 e. The molecule has 2 fully saturated rings. The molecule has 39 heavy (non-hydrogen) atoms. The maximum atomic E-state index is 13.6. The Balaban J connectivity index is 1.33. The number of allylic oxidation sites excluding steroid dienone is 1. The first-order chi connectivity index (χ1) is 18.8. The van der Waals surface area contributed by atoms with E-state index in [1.165, 1.54) is 4.90 Å². The second-order valence-corrected chi connectivity index (χ2v) is 11.0. The zero-order chi connectivity index (χ0) is 27.6.